The van der Waals surface area contributed by atoms with Crippen LogP contribution >= 0.6 is 0 Å². The van der Waals surface area contributed by atoms with Crippen LogP contribution in [0.15, 0.2) is 102 Å². The number of carbonyl (C=O) groups is 3. The van der Waals surface area contributed by atoms with E-state index >= 15 is 0 Å². The number of allylic oxidation sites excluding steroid dienone is 2. The molecule has 1 aliphatic heterocycles. The molecule has 216 valence electrons. The lowest BCUT2D eigenvalue weighted by molar-refractivity contribution is -0.152. The number of rotatable bonds is 8. The molecule has 0 saturated carbocycles. The fourth-order valence-electron chi connectivity index (χ4n) is 5.88. The molecule has 0 bridgehead atoms. The quantitative estimate of drug-likeness (QED) is 0.307. The number of esters is 2. The number of hydrogen-bond donors (Lipinski definition) is 1. The molecule has 5 rings (SSSR count). The number of anilines is 1. The zero-order chi connectivity index (χ0) is 29.8. The topological polar surface area (TPSA) is 121 Å². The molecule has 0 radical (unpaired) electrons. The number of pyridine rings is 1. The Morgan fingerprint density at radius 3 is 2.38 bits per heavy atom. The molecule has 0 saturated heterocycles. The average molecular weight is 568 g/mol. The molecule has 9 heteroatoms. The summed E-state index contributed by atoms with van der Waals surface area (Å²) in [6.45, 7) is 3.64. The molecule has 2 aromatic carbocycles. The average Bonchev–Trinajstić information content (AvgIpc) is 3.01. The molecule has 1 aliphatic carbocycles. The van der Waals surface area contributed by atoms with Crippen molar-refractivity contribution in [3.05, 3.63) is 113 Å². The third kappa shape index (κ3) is 5.13. The summed E-state index contributed by atoms with van der Waals surface area (Å²) in [5, 5.41) is 0. The van der Waals surface area contributed by atoms with Gasteiger partial charge in [-0.1, -0.05) is 36.4 Å². The van der Waals surface area contributed by atoms with Crippen molar-refractivity contribution in [1.29, 1.82) is 0 Å². The van der Waals surface area contributed by atoms with E-state index in [1.54, 1.807) is 56.4 Å². The van der Waals surface area contributed by atoms with Crippen molar-refractivity contribution in [1.82, 2.24) is 4.98 Å². The lowest BCUT2D eigenvalue weighted by Gasteiger charge is -2.44. The molecule has 0 amide bonds. The molecule has 3 atom stereocenters. The fraction of sp³-hybridized carbons (Fsp3) is 0.273. The predicted octanol–water partition coefficient (Wildman–Crippen LogP) is 4.62. The number of aromatic nitrogens is 1. The van der Waals surface area contributed by atoms with E-state index in [1.165, 1.54) is 0 Å². The van der Waals surface area contributed by atoms with Gasteiger partial charge in [0.05, 0.1) is 31.8 Å². The summed E-state index contributed by atoms with van der Waals surface area (Å²) in [7, 11) is 1.56. The lowest BCUT2D eigenvalue weighted by atomic mass is 9.67. The molecule has 2 heterocycles. The van der Waals surface area contributed by atoms with E-state index in [2.05, 4.69) is 4.98 Å². The Morgan fingerprint density at radius 1 is 0.976 bits per heavy atom. The molecule has 2 N–H and O–H groups in total. The van der Waals surface area contributed by atoms with Crippen LogP contribution in [0.3, 0.4) is 0 Å². The summed E-state index contributed by atoms with van der Waals surface area (Å²) in [5.41, 5.74) is 9.87. The highest BCUT2D eigenvalue weighted by Gasteiger charge is 2.51. The molecular weight excluding hydrogens is 534 g/mol. The first-order valence-corrected chi connectivity index (χ1v) is 13.9. The highest BCUT2D eigenvalue weighted by molar-refractivity contribution is 6.14. The van der Waals surface area contributed by atoms with Crippen LogP contribution in [0.4, 0.5) is 5.69 Å². The molecule has 9 nitrogen and oxygen atoms in total. The third-order valence-corrected chi connectivity index (χ3v) is 7.63. The van der Waals surface area contributed by atoms with E-state index in [9.17, 15) is 14.4 Å². The van der Waals surface area contributed by atoms with Crippen LogP contribution in [0.5, 0.6) is 5.75 Å². The van der Waals surface area contributed by atoms with Gasteiger partial charge in [0.15, 0.2) is 5.78 Å². The monoisotopic (exact) mass is 567 g/mol. The summed E-state index contributed by atoms with van der Waals surface area (Å²) in [4.78, 5) is 47.9. The minimum absolute atomic E-state index is 0.114. The van der Waals surface area contributed by atoms with Crippen molar-refractivity contribution < 1.29 is 28.6 Å². The van der Waals surface area contributed by atoms with Crippen LogP contribution in [0, 0.1) is 5.92 Å². The molecular formula is C33H33N3O6. The summed E-state index contributed by atoms with van der Waals surface area (Å²) in [5.74, 6) is -3.60. The van der Waals surface area contributed by atoms with Gasteiger partial charge < -0.3 is 19.9 Å². The van der Waals surface area contributed by atoms with Gasteiger partial charge >= 0.3 is 11.9 Å². The molecule has 0 unspecified atom stereocenters. The van der Waals surface area contributed by atoms with Gasteiger partial charge in [0, 0.05) is 35.3 Å². The maximum Gasteiger partial charge on any atom is 0.338 e. The maximum atomic E-state index is 14.8. The third-order valence-electron chi connectivity index (χ3n) is 7.63. The smallest absolute Gasteiger partial charge is 0.338 e. The van der Waals surface area contributed by atoms with Crippen molar-refractivity contribution in [3.63, 3.8) is 0 Å². The highest BCUT2D eigenvalue weighted by atomic mass is 16.5. The number of benzene rings is 2. The number of nitrogens with two attached hydrogens (primary N) is 1. The zero-order valence-corrected chi connectivity index (χ0v) is 23.8. The van der Waals surface area contributed by atoms with Gasteiger partial charge in [-0.2, -0.15) is 0 Å². The minimum atomic E-state index is -1.16. The van der Waals surface area contributed by atoms with Gasteiger partial charge in [-0.3, -0.25) is 19.5 Å². The van der Waals surface area contributed by atoms with Crippen LogP contribution in [-0.4, -0.2) is 43.0 Å². The van der Waals surface area contributed by atoms with Crippen LogP contribution in [0.2, 0.25) is 0 Å². The standard InChI is InChI=1S/C33H33N3O6/c1-4-41-32(38)27-24(20-11-9-15-23(17-20)40-3)18-25-28(30(27)37)26(21-12-10-16-35-19-21)29(33(39)42-5-2)31(34)36(25)22-13-7-6-8-14-22/h6-17,19,24,26-27H,4-5,18,34H2,1-3H3/t24-,26+,27+/m0/s1. The Balaban J connectivity index is 1.80. The second kappa shape index (κ2) is 12.3. The summed E-state index contributed by atoms with van der Waals surface area (Å²) < 4.78 is 16.4. The Hall–Kier alpha value is -4.92. The van der Waals surface area contributed by atoms with Gasteiger partial charge in [0.25, 0.3) is 0 Å². The maximum absolute atomic E-state index is 14.8. The molecule has 42 heavy (non-hydrogen) atoms. The summed E-state index contributed by atoms with van der Waals surface area (Å²) >= 11 is 0. The Morgan fingerprint density at radius 2 is 1.71 bits per heavy atom. The van der Waals surface area contributed by atoms with Crippen molar-refractivity contribution in [2.75, 3.05) is 25.2 Å². The molecule has 3 aromatic rings. The fourth-order valence-corrected chi connectivity index (χ4v) is 5.88. The lowest BCUT2D eigenvalue weighted by Crippen LogP contribution is -2.46. The van der Waals surface area contributed by atoms with E-state index in [1.807, 2.05) is 48.5 Å². The van der Waals surface area contributed by atoms with Crippen molar-refractivity contribution in [2.45, 2.75) is 32.1 Å². The Labute approximate surface area is 244 Å². The largest absolute Gasteiger partial charge is 0.497 e. The number of nitrogens with zero attached hydrogens (tertiary/aromatic N) is 2. The number of hydrogen-bond acceptors (Lipinski definition) is 9. The molecule has 0 fully saturated rings. The Bertz CT molecular complexity index is 1550. The summed E-state index contributed by atoms with van der Waals surface area (Å²) in [6.07, 6.45) is 3.47. The van der Waals surface area contributed by atoms with Crippen LogP contribution in [0.1, 0.15) is 43.2 Å². The predicted molar refractivity (Wildman–Crippen MR) is 156 cm³/mol. The first kappa shape index (κ1) is 28.6. The molecule has 1 aromatic heterocycles. The van der Waals surface area contributed by atoms with E-state index in [0.717, 1.165) is 5.56 Å². The van der Waals surface area contributed by atoms with Crippen LogP contribution in [-0.2, 0) is 23.9 Å². The number of para-hydroxylation sites is 1. The number of ether oxygens (including phenoxy) is 3. The second-order valence-corrected chi connectivity index (χ2v) is 9.95. The van der Waals surface area contributed by atoms with E-state index in [-0.39, 0.29) is 31.0 Å². The minimum Gasteiger partial charge on any atom is -0.497 e. The number of carbonyl (C=O) groups excluding carboxylic acids is 3. The van der Waals surface area contributed by atoms with Crippen LogP contribution < -0.4 is 15.4 Å². The highest BCUT2D eigenvalue weighted by Crippen LogP contribution is 2.51. The normalized spacial score (nSPS) is 20.2. The first-order valence-electron chi connectivity index (χ1n) is 13.9. The van der Waals surface area contributed by atoms with Gasteiger partial charge in [-0.05, 0) is 61.7 Å². The van der Waals surface area contributed by atoms with E-state index in [4.69, 9.17) is 19.9 Å². The van der Waals surface area contributed by atoms with Gasteiger partial charge in [-0.15, -0.1) is 0 Å². The number of methoxy groups -OCH3 is 1. The van der Waals surface area contributed by atoms with Crippen molar-refractivity contribution >= 4 is 23.4 Å². The van der Waals surface area contributed by atoms with Gasteiger partial charge in [0.1, 0.15) is 17.5 Å². The zero-order valence-electron chi connectivity index (χ0n) is 23.8. The van der Waals surface area contributed by atoms with Gasteiger partial charge in [0.2, 0.25) is 0 Å². The SMILES string of the molecule is CCOC(=O)C1=C(N)N(c2ccccc2)C2=C(C(=O)[C@H](C(=O)OCC)[C@H](c3cccc(OC)c3)C2)[C@H]1c1cccnc1. The second-order valence-electron chi connectivity index (χ2n) is 9.95. The van der Waals surface area contributed by atoms with E-state index in [0.29, 0.717) is 28.3 Å². The first-order chi connectivity index (χ1) is 20.4. The van der Waals surface area contributed by atoms with E-state index < -0.39 is 35.5 Å². The number of ketones is 1. The summed E-state index contributed by atoms with van der Waals surface area (Å²) in [6, 6.07) is 20.1. The van der Waals surface area contributed by atoms with Crippen molar-refractivity contribution in [3.8, 4) is 5.75 Å². The van der Waals surface area contributed by atoms with Gasteiger partial charge in [-0.25, -0.2) is 4.79 Å². The Kier molecular flexibility index (Phi) is 8.38. The molecule has 2 aliphatic rings. The molecule has 0 spiro atoms. The number of Topliss-reactive ketones (excluding diaryl/α,β-unsaturated/α-hetero) is 1. The van der Waals surface area contributed by atoms with Crippen molar-refractivity contribution in [2.24, 2.45) is 11.7 Å². The van der Waals surface area contributed by atoms with Crippen LogP contribution in [0.25, 0.3) is 0 Å².